The summed E-state index contributed by atoms with van der Waals surface area (Å²) in [5.41, 5.74) is 1.22. The predicted octanol–water partition coefficient (Wildman–Crippen LogP) is 4.50. The fourth-order valence-corrected chi connectivity index (χ4v) is 2.37. The van der Waals surface area contributed by atoms with E-state index in [-0.39, 0.29) is 5.76 Å². The Morgan fingerprint density at radius 1 is 1.50 bits per heavy atom. The van der Waals surface area contributed by atoms with E-state index in [9.17, 15) is 4.79 Å². The summed E-state index contributed by atoms with van der Waals surface area (Å²) in [6.45, 7) is 2.00. The highest BCUT2D eigenvalue weighted by Crippen LogP contribution is 2.34. The van der Waals surface area contributed by atoms with Crippen molar-refractivity contribution in [3.63, 3.8) is 0 Å². The molecular weight excluding hydrogens is 346 g/mol. The lowest BCUT2D eigenvalue weighted by Gasteiger charge is -2.00. The highest BCUT2D eigenvalue weighted by atomic mass is 79.9. The Kier molecular flexibility index (Phi) is 4.83. The molecule has 0 radical (unpaired) electrons. The second kappa shape index (κ2) is 6.41. The van der Waals surface area contributed by atoms with Gasteiger partial charge in [0.15, 0.2) is 0 Å². The molecule has 6 heteroatoms. The van der Waals surface area contributed by atoms with Crippen molar-refractivity contribution in [3.05, 3.63) is 39.1 Å². The minimum atomic E-state index is -0.529. The molecule has 4 nitrogen and oxygen atoms in total. The molecule has 0 N–H and O–H groups in total. The highest BCUT2D eigenvalue weighted by Gasteiger charge is 2.22. The van der Waals surface area contributed by atoms with Gasteiger partial charge in [-0.25, -0.2) is 9.78 Å². The number of benzene rings is 1. The number of oxazole rings is 1. The van der Waals surface area contributed by atoms with E-state index >= 15 is 0 Å². The summed E-state index contributed by atoms with van der Waals surface area (Å²) in [7, 11) is 1.31. The van der Waals surface area contributed by atoms with Crippen LogP contribution in [-0.2, 0) is 11.2 Å². The average molecular weight is 359 g/mol. The summed E-state index contributed by atoms with van der Waals surface area (Å²) in [4.78, 5) is 16.1. The molecule has 1 aromatic carbocycles. The summed E-state index contributed by atoms with van der Waals surface area (Å²) in [6, 6.07) is 5.44. The molecule has 0 saturated heterocycles. The number of aromatic nitrogens is 1. The molecule has 2 rings (SSSR count). The summed E-state index contributed by atoms with van der Waals surface area (Å²) >= 11 is 9.57. The molecule has 0 saturated carbocycles. The molecule has 0 atom stereocenters. The fourth-order valence-electron chi connectivity index (χ4n) is 1.79. The highest BCUT2D eigenvalue weighted by molar-refractivity contribution is 9.10. The fraction of sp³-hybridized carbons (Fsp3) is 0.286. The van der Waals surface area contributed by atoms with E-state index in [0.29, 0.717) is 28.6 Å². The number of ether oxygens (including phenoxy) is 1. The van der Waals surface area contributed by atoms with E-state index in [2.05, 4.69) is 20.9 Å². The van der Waals surface area contributed by atoms with E-state index in [1.807, 2.05) is 19.1 Å². The van der Waals surface area contributed by atoms with Crippen LogP contribution in [0.1, 0.15) is 29.6 Å². The van der Waals surface area contributed by atoms with Gasteiger partial charge in [0.1, 0.15) is 0 Å². The SMILES string of the molecule is CCCc1nc(-c2cccc(Br)c2Cl)oc1C(=O)OC. The smallest absolute Gasteiger partial charge is 0.376 e. The Bertz CT molecular complexity index is 639. The lowest BCUT2D eigenvalue weighted by molar-refractivity contribution is 0.0564. The first-order valence-electron chi connectivity index (χ1n) is 6.10. The zero-order chi connectivity index (χ0) is 14.7. The molecule has 106 valence electrons. The van der Waals surface area contributed by atoms with Gasteiger partial charge in [-0.15, -0.1) is 0 Å². The number of carbonyl (C=O) groups is 1. The number of carbonyl (C=O) groups excluding carboxylic acids is 1. The van der Waals surface area contributed by atoms with Gasteiger partial charge in [0.05, 0.1) is 23.4 Å². The molecule has 0 aliphatic heterocycles. The van der Waals surface area contributed by atoms with Gasteiger partial charge >= 0.3 is 5.97 Å². The topological polar surface area (TPSA) is 52.3 Å². The minimum Gasteiger partial charge on any atom is -0.463 e. The van der Waals surface area contributed by atoms with Gasteiger partial charge in [-0.05, 0) is 34.5 Å². The Labute approximate surface area is 130 Å². The number of hydrogen-bond donors (Lipinski definition) is 0. The van der Waals surface area contributed by atoms with Crippen LogP contribution in [0, 0.1) is 0 Å². The van der Waals surface area contributed by atoms with E-state index in [4.69, 9.17) is 20.8 Å². The Balaban J connectivity index is 2.52. The molecule has 0 amide bonds. The van der Waals surface area contributed by atoms with Crippen LogP contribution in [0.3, 0.4) is 0 Å². The van der Waals surface area contributed by atoms with Crippen molar-refractivity contribution in [3.8, 4) is 11.5 Å². The van der Waals surface area contributed by atoms with Crippen molar-refractivity contribution in [2.45, 2.75) is 19.8 Å². The Hall–Kier alpha value is -1.33. The first kappa shape index (κ1) is 15.1. The van der Waals surface area contributed by atoms with Crippen LogP contribution in [-0.4, -0.2) is 18.1 Å². The maximum absolute atomic E-state index is 11.7. The molecule has 0 unspecified atom stereocenters. The van der Waals surface area contributed by atoms with Crippen LogP contribution in [0.5, 0.6) is 0 Å². The van der Waals surface area contributed by atoms with Crippen LogP contribution in [0.25, 0.3) is 11.5 Å². The molecule has 2 aromatic rings. The number of aryl methyl sites for hydroxylation is 1. The normalized spacial score (nSPS) is 10.6. The molecule has 0 aliphatic carbocycles. The maximum atomic E-state index is 11.7. The molecule has 0 aliphatic rings. The third kappa shape index (κ3) is 2.88. The van der Waals surface area contributed by atoms with Gasteiger partial charge in [0.25, 0.3) is 0 Å². The van der Waals surface area contributed by atoms with Gasteiger partial charge in [-0.2, -0.15) is 0 Å². The summed E-state index contributed by atoms with van der Waals surface area (Å²) < 4.78 is 11.0. The lowest BCUT2D eigenvalue weighted by atomic mass is 10.2. The van der Waals surface area contributed by atoms with Crippen LogP contribution in [0.4, 0.5) is 0 Å². The number of methoxy groups -OCH3 is 1. The third-order valence-electron chi connectivity index (χ3n) is 2.74. The van der Waals surface area contributed by atoms with Gasteiger partial charge in [-0.3, -0.25) is 0 Å². The van der Waals surface area contributed by atoms with E-state index in [0.717, 1.165) is 10.9 Å². The van der Waals surface area contributed by atoms with Crippen molar-refractivity contribution >= 4 is 33.5 Å². The second-order valence-corrected chi connectivity index (χ2v) is 5.37. The van der Waals surface area contributed by atoms with Gasteiger partial charge in [0.2, 0.25) is 11.7 Å². The van der Waals surface area contributed by atoms with Crippen molar-refractivity contribution in [2.24, 2.45) is 0 Å². The monoisotopic (exact) mass is 357 g/mol. The van der Waals surface area contributed by atoms with E-state index in [1.165, 1.54) is 7.11 Å². The van der Waals surface area contributed by atoms with Crippen molar-refractivity contribution in [1.82, 2.24) is 4.98 Å². The largest absolute Gasteiger partial charge is 0.463 e. The van der Waals surface area contributed by atoms with Crippen LogP contribution in [0.15, 0.2) is 27.1 Å². The number of nitrogens with zero attached hydrogens (tertiary/aromatic N) is 1. The van der Waals surface area contributed by atoms with Crippen molar-refractivity contribution in [1.29, 1.82) is 0 Å². The number of rotatable bonds is 4. The van der Waals surface area contributed by atoms with Crippen LogP contribution < -0.4 is 0 Å². The van der Waals surface area contributed by atoms with Crippen molar-refractivity contribution < 1.29 is 13.9 Å². The second-order valence-electron chi connectivity index (χ2n) is 4.14. The molecule has 0 spiro atoms. The summed E-state index contributed by atoms with van der Waals surface area (Å²) in [6.07, 6.45) is 1.49. The molecule has 0 fully saturated rings. The van der Waals surface area contributed by atoms with Crippen LogP contribution in [0.2, 0.25) is 5.02 Å². The average Bonchev–Trinajstić information content (AvgIpc) is 2.85. The molecular formula is C14H13BrClNO3. The molecule has 20 heavy (non-hydrogen) atoms. The first-order valence-corrected chi connectivity index (χ1v) is 7.28. The maximum Gasteiger partial charge on any atom is 0.376 e. The minimum absolute atomic E-state index is 0.139. The van der Waals surface area contributed by atoms with E-state index < -0.39 is 5.97 Å². The zero-order valence-corrected chi connectivity index (χ0v) is 13.4. The number of hydrogen-bond acceptors (Lipinski definition) is 4. The van der Waals surface area contributed by atoms with Crippen molar-refractivity contribution in [2.75, 3.05) is 7.11 Å². The quantitative estimate of drug-likeness (QED) is 0.755. The predicted molar refractivity (Wildman–Crippen MR) is 80.0 cm³/mol. The Morgan fingerprint density at radius 3 is 2.90 bits per heavy atom. The standard InChI is InChI=1S/C14H13BrClNO3/c1-3-5-10-12(14(18)19-2)20-13(17-10)8-6-4-7-9(15)11(8)16/h4,6-7H,3,5H2,1-2H3. The molecule has 1 aromatic heterocycles. The first-order chi connectivity index (χ1) is 9.58. The zero-order valence-electron chi connectivity index (χ0n) is 11.1. The number of halogens is 2. The summed E-state index contributed by atoms with van der Waals surface area (Å²) in [5.74, 6) is -0.0705. The van der Waals surface area contributed by atoms with Gasteiger partial charge in [0, 0.05) is 4.47 Å². The number of esters is 1. The lowest BCUT2D eigenvalue weighted by Crippen LogP contribution is -2.03. The van der Waals surface area contributed by atoms with Gasteiger partial charge < -0.3 is 9.15 Å². The molecule has 1 heterocycles. The van der Waals surface area contributed by atoms with Crippen LogP contribution >= 0.6 is 27.5 Å². The molecule has 0 bridgehead atoms. The third-order valence-corrected chi connectivity index (χ3v) is 4.03. The Morgan fingerprint density at radius 2 is 2.25 bits per heavy atom. The van der Waals surface area contributed by atoms with E-state index in [1.54, 1.807) is 6.07 Å². The van der Waals surface area contributed by atoms with Gasteiger partial charge in [-0.1, -0.05) is 31.0 Å². The summed E-state index contributed by atoms with van der Waals surface area (Å²) in [5, 5.41) is 0.494.